The van der Waals surface area contributed by atoms with Crippen LogP contribution in [0.2, 0.25) is 0 Å². The lowest BCUT2D eigenvalue weighted by Crippen LogP contribution is -2.50. The number of hydrogen-bond acceptors (Lipinski definition) is 12. The summed E-state index contributed by atoms with van der Waals surface area (Å²) in [5.41, 5.74) is 0.482. The van der Waals surface area contributed by atoms with Gasteiger partial charge in [0.15, 0.2) is 0 Å². The number of nitrogens with zero attached hydrogens (tertiary/aromatic N) is 3. The van der Waals surface area contributed by atoms with Crippen molar-refractivity contribution >= 4 is 53.9 Å². The Hall–Kier alpha value is -7.71. The van der Waals surface area contributed by atoms with Crippen LogP contribution in [0.5, 0.6) is 0 Å². The van der Waals surface area contributed by atoms with Gasteiger partial charge in [0.2, 0.25) is 17.7 Å². The van der Waals surface area contributed by atoms with E-state index in [1.54, 1.807) is 135 Å². The molecule has 0 aromatic heterocycles. The molecule has 3 aromatic rings. The number of amides is 6. The molecule has 4 heterocycles. The van der Waals surface area contributed by atoms with Crippen molar-refractivity contribution < 1.29 is 72.7 Å². The molecule has 4 aliphatic heterocycles. The topological polar surface area (TPSA) is 288 Å². The number of carboxylic acids is 3. The molecule has 72 heavy (non-hydrogen) atoms. The molecule has 0 spiro atoms. The van der Waals surface area contributed by atoms with Crippen molar-refractivity contribution in [1.82, 2.24) is 30.7 Å². The minimum absolute atomic E-state index is 0.0971. The van der Waals surface area contributed by atoms with E-state index in [-0.39, 0.29) is 39.3 Å². The second-order valence-corrected chi connectivity index (χ2v) is 20.4. The fraction of sp³-hybridized carbons (Fsp3) is 0.471. The Balaban J connectivity index is 1.85. The van der Waals surface area contributed by atoms with E-state index >= 15 is 0 Å². The van der Waals surface area contributed by atoms with Gasteiger partial charge in [0, 0.05) is 39.3 Å². The van der Waals surface area contributed by atoms with Gasteiger partial charge in [0.05, 0.1) is 19.3 Å². The molecule has 0 radical (unpaired) electrons. The predicted octanol–water partition coefficient (Wildman–Crippen LogP) is 5.69. The summed E-state index contributed by atoms with van der Waals surface area (Å²) in [6, 6.07) is 15.7. The molecule has 7 rings (SSSR count). The van der Waals surface area contributed by atoms with Crippen molar-refractivity contribution in [3.05, 3.63) is 106 Å². The molecule has 0 unspecified atom stereocenters. The van der Waals surface area contributed by atoms with Crippen molar-refractivity contribution in [2.75, 3.05) is 0 Å². The maximum atomic E-state index is 14.4. The van der Waals surface area contributed by atoms with Gasteiger partial charge in [-0.15, -0.1) is 0 Å². The molecule has 0 aliphatic carbocycles. The molecule has 6 amide bonds. The SMILES string of the molecule is CC(C)(C)OC(=O)N[C@@H](CC(=O)O)C(=O)N1Cc2ccc(cc2)CN(C(=O)[C@H](CC(=O)O)NC(=O)OC(C)(C)C)Cc2ccc(cc2)CN(C(=O)[C@H](CC(=O)O)NC(=O)OC(C)(C)C)Cc2ccc(cc2)C1. The zero-order valence-corrected chi connectivity index (χ0v) is 42.1. The van der Waals surface area contributed by atoms with E-state index in [1.165, 1.54) is 14.7 Å². The van der Waals surface area contributed by atoms with Crippen LogP contribution in [-0.4, -0.2) is 119 Å². The Labute approximate surface area is 418 Å². The minimum Gasteiger partial charge on any atom is -0.481 e. The normalized spacial score (nSPS) is 14.7. The van der Waals surface area contributed by atoms with Gasteiger partial charge < -0.3 is 60.2 Å². The van der Waals surface area contributed by atoms with Gasteiger partial charge in [0.1, 0.15) is 34.9 Å². The number of rotatable bonds is 12. The second kappa shape index (κ2) is 24.4. The van der Waals surface area contributed by atoms with Gasteiger partial charge in [-0.3, -0.25) is 28.8 Å². The minimum atomic E-state index is -1.56. The molecule has 4 aliphatic rings. The number of aliphatic carboxylic acids is 3. The molecule has 3 atom stereocenters. The lowest BCUT2D eigenvalue weighted by atomic mass is 10.1. The smallest absolute Gasteiger partial charge is 0.408 e. The van der Waals surface area contributed by atoms with Crippen LogP contribution >= 0.6 is 0 Å². The highest BCUT2D eigenvalue weighted by Gasteiger charge is 2.34. The Morgan fingerprint density at radius 2 is 0.556 bits per heavy atom. The molecule has 0 saturated carbocycles. The van der Waals surface area contributed by atoms with Crippen molar-refractivity contribution in [1.29, 1.82) is 0 Å². The zero-order chi connectivity index (χ0) is 53.7. The summed E-state index contributed by atoms with van der Waals surface area (Å²) in [6.07, 6.45) is -5.36. The number of benzene rings is 3. The van der Waals surface area contributed by atoms with Crippen LogP contribution in [0.4, 0.5) is 14.4 Å². The summed E-state index contributed by atoms with van der Waals surface area (Å²) in [4.78, 5) is 122. The largest absolute Gasteiger partial charge is 0.481 e. The number of carboxylic acid groups (broad SMARTS) is 3. The summed E-state index contributed by atoms with van der Waals surface area (Å²) in [5.74, 6) is -6.36. The Bertz CT molecular complexity index is 2090. The predicted molar refractivity (Wildman–Crippen MR) is 258 cm³/mol. The molecule has 6 bridgehead atoms. The van der Waals surface area contributed by atoms with Gasteiger partial charge in [-0.1, -0.05) is 72.8 Å². The van der Waals surface area contributed by atoms with Gasteiger partial charge in [-0.25, -0.2) is 14.4 Å². The number of nitrogens with one attached hydrogen (secondary N) is 3. The monoisotopic (exact) mass is 1000 g/mol. The number of fused-ring (bicyclic) bond motifs is 3. The molecular formula is C51H66N6O15. The van der Waals surface area contributed by atoms with Gasteiger partial charge in [-0.05, 0) is 95.7 Å². The van der Waals surface area contributed by atoms with E-state index in [0.29, 0.717) is 33.4 Å². The first-order valence-corrected chi connectivity index (χ1v) is 23.2. The van der Waals surface area contributed by atoms with E-state index < -0.39 is 108 Å². The molecule has 0 fully saturated rings. The van der Waals surface area contributed by atoms with Crippen molar-refractivity contribution in [3.8, 4) is 0 Å². The summed E-state index contributed by atoms with van der Waals surface area (Å²) in [6.45, 7) is 13.9. The molecular weight excluding hydrogens is 937 g/mol. The zero-order valence-electron chi connectivity index (χ0n) is 42.1. The standard InChI is InChI=1S/C51H66N6O15/c1-49(2,3)70-46(67)52-37(22-40(58)59)43(64)55-25-31-10-14-33(15-11-31)27-56(44(65)38(23-41(60)61)53-47(68)71-50(4,5)6)29-35-18-20-36(21-19-35)30-57(28-34-16-12-32(26-55)13-17-34)45(66)39(24-42(62)63)54-48(69)72-51(7,8)9/h10-21,37-39H,22-30H2,1-9H3,(H,52,67)(H,53,68)(H,54,69)(H,58,59)(H,60,61)(H,62,63)/t37-,38-,39-/m0/s1. The van der Waals surface area contributed by atoms with Gasteiger partial charge in [-0.2, -0.15) is 0 Å². The van der Waals surface area contributed by atoms with Gasteiger partial charge >= 0.3 is 36.2 Å². The third kappa shape index (κ3) is 19.6. The fourth-order valence-electron chi connectivity index (χ4n) is 7.34. The summed E-state index contributed by atoms with van der Waals surface area (Å²) < 4.78 is 16.0. The number of hydrogen-bond donors (Lipinski definition) is 6. The second-order valence-electron chi connectivity index (χ2n) is 20.4. The third-order valence-electron chi connectivity index (χ3n) is 10.3. The highest BCUT2D eigenvalue weighted by molar-refractivity contribution is 5.91. The van der Waals surface area contributed by atoms with Crippen LogP contribution in [0.15, 0.2) is 72.8 Å². The van der Waals surface area contributed by atoms with E-state index in [0.717, 1.165) is 0 Å². The number of alkyl carbamates (subject to hydrolysis) is 3. The fourth-order valence-corrected chi connectivity index (χ4v) is 7.34. The van der Waals surface area contributed by atoms with E-state index in [4.69, 9.17) is 14.2 Å². The third-order valence-corrected chi connectivity index (χ3v) is 10.3. The van der Waals surface area contributed by atoms with Crippen LogP contribution in [0, 0.1) is 0 Å². The van der Waals surface area contributed by atoms with Crippen LogP contribution in [0.3, 0.4) is 0 Å². The van der Waals surface area contributed by atoms with E-state index in [2.05, 4.69) is 16.0 Å². The van der Waals surface area contributed by atoms with Crippen LogP contribution in [0.25, 0.3) is 0 Å². The molecule has 6 N–H and O–H groups in total. The Morgan fingerprint density at radius 1 is 0.389 bits per heavy atom. The van der Waals surface area contributed by atoms with Crippen LogP contribution in [-0.2, 0) is 82.2 Å². The number of ether oxygens (including phenoxy) is 3. The first kappa shape index (κ1) is 56.9. The summed E-state index contributed by atoms with van der Waals surface area (Å²) >= 11 is 0. The lowest BCUT2D eigenvalue weighted by molar-refractivity contribution is -0.143. The number of carbonyl (C=O) groups is 9. The Kier molecular flexibility index (Phi) is 19.3. The summed E-state index contributed by atoms with van der Waals surface area (Å²) in [5, 5.41) is 36.7. The summed E-state index contributed by atoms with van der Waals surface area (Å²) in [7, 11) is 0. The first-order chi connectivity index (χ1) is 33.4. The maximum Gasteiger partial charge on any atom is 0.408 e. The average Bonchev–Trinajstić information content (AvgIpc) is 3.23. The maximum absolute atomic E-state index is 14.4. The van der Waals surface area contributed by atoms with E-state index in [9.17, 15) is 58.5 Å². The molecule has 21 nitrogen and oxygen atoms in total. The Morgan fingerprint density at radius 3 is 0.694 bits per heavy atom. The molecule has 21 heteroatoms. The van der Waals surface area contributed by atoms with Crippen molar-refractivity contribution in [3.63, 3.8) is 0 Å². The van der Waals surface area contributed by atoms with Crippen LogP contribution < -0.4 is 16.0 Å². The van der Waals surface area contributed by atoms with Crippen molar-refractivity contribution in [2.24, 2.45) is 0 Å². The highest BCUT2D eigenvalue weighted by atomic mass is 16.6. The molecule has 390 valence electrons. The highest BCUT2D eigenvalue weighted by Crippen LogP contribution is 2.22. The van der Waals surface area contributed by atoms with Gasteiger partial charge in [0.25, 0.3) is 0 Å². The van der Waals surface area contributed by atoms with Crippen molar-refractivity contribution in [2.45, 2.75) is 156 Å². The van der Waals surface area contributed by atoms with E-state index in [1.807, 2.05) is 0 Å². The first-order valence-electron chi connectivity index (χ1n) is 23.2. The number of carbonyl (C=O) groups excluding carboxylic acids is 6. The average molecular weight is 1000 g/mol. The molecule has 3 aromatic carbocycles. The van der Waals surface area contributed by atoms with Crippen LogP contribution in [0.1, 0.15) is 115 Å². The molecule has 0 saturated heterocycles. The quantitative estimate of drug-likeness (QED) is 0.119. The lowest BCUT2D eigenvalue weighted by Gasteiger charge is -2.29.